The van der Waals surface area contributed by atoms with Crippen LogP contribution in [0.4, 0.5) is 0 Å². The van der Waals surface area contributed by atoms with Crippen molar-refractivity contribution < 1.29 is 16.3 Å². The van der Waals surface area contributed by atoms with Crippen LogP contribution in [-0.2, 0) is 4.74 Å². The number of aryl methyl sites for hydroxylation is 1. The molecule has 3 N–H and O–H groups in total. The van der Waals surface area contributed by atoms with Gasteiger partial charge in [0.25, 0.3) is 5.56 Å². The van der Waals surface area contributed by atoms with Crippen molar-refractivity contribution in [2.45, 2.75) is 31.8 Å². The van der Waals surface area contributed by atoms with E-state index < -0.39 is 42.7 Å². The lowest BCUT2D eigenvalue weighted by molar-refractivity contribution is -0.0459. The molecular formula is C10H14N2O5. The molecule has 0 aromatic carbocycles. The van der Waals surface area contributed by atoms with Crippen molar-refractivity contribution in [1.29, 1.82) is 0 Å². The molecule has 0 amide bonds. The first-order valence-corrected chi connectivity index (χ1v) is 5.14. The Balaban J connectivity index is 2.42. The number of rotatable bonds is 2. The van der Waals surface area contributed by atoms with E-state index in [-0.39, 0.29) is 0 Å². The number of hydrogen-bond acceptors (Lipinski definition) is 5. The topological polar surface area (TPSA) is 105 Å². The lowest BCUT2D eigenvalue weighted by Crippen LogP contribution is -2.33. The van der Waals surface area contributed by atoms with Crippen LogP contribution in [0.15, 0.2) is 15.8 Å². The Morgan fingerprint density at radius 3 is 3.00 bits per heavy atom. The molecule has 0 bridgehead atoms. The fraction of sp³-hybridized carbons (Fsp3) is 0.600. The first-order chi connectivity index (χ1) is 8.45. The third-order valence-corrected chi connectivity index (χ3v) is 2.66. The molecule has 2 heterocycles. The van der Waals surface area contributed by atoms with Crippen molar-refractivity contribution in [2.24, 2.45) is 0 Å². The van der Waals surface area contributed by atoms with Gasteiger partial charge in [-0.1, -0.05) is 0 Å². The second kappa shape index (κ2) is 4.44. The SMILES string of the molecule is [2H]C1[C@H](n2cc(C)c(=O)[nH]c2=O)O[C@H](CO)[C@H]1O. The van der Waals surface area contributed by atoms with Gasteiger partial charge in [0, 0.05) is 19.5 Å². The van der Waals surface area contributed by atoms with Crippen LogP contribution in [0.25, 0.3) is 0 Å². The molecule has 2 rings (SSSR count). The van der Waals surface area contributed by atoms with Crippen molar-refractivity contribution in [3.63, 3.8) is 0 Å². The maximum atomic E-state index is 11.6. The first-order valence-electron chi connectivity index (χ1n) is 5.72. The summed E-state index contributed by atoms with van der Waals surface area (Å²) in [5.74, 6) is 0. The number of aromatic amines is 1. The summed E-state index contributed by atoms with van der Waals surface area (Å²) >= 11 is 0. The number of nitrogens with one attached hydrogen (secondary N) is 1. The Bertz CT molecular complexity index is 554. The normalized spacial score (nSPS) is 33.7. The lowest BCUT2D eigenvalue weighted by Gasteiger charge is -2.14. The molecule has 1 aromatic rings. The van der Waals surface area contributed by atoms with Crippen molar-refractivity contribution in [2.75, 3.05) is 6.61 Å². The van der Waals surface area contributed by atoms with Crippen LogP contribution in [0.3, 0.4) is 0 Å². The molecule has 0 aliphatic carbocycles. The second-order valence-corrected chi connectivity index (χ2v) is 3.91. The zero-order chi connectivity index (χ0) is 13.4. The molecule has 4 atom stereocenters. The highest BCUT2D eigenvalue weighted by atomic mass is 16.5. The van der Waals surface area contributed by atoms with Crippen LogP contribution in [0.2, 0.25) is 0 Å². The van der Waals surface area contributed by atoms with E-state index in [9.17, 15) is 14.7 Å². The zero-order valence-corrected chi connectivity index (χ0v) is 9.16. The summed E-state index contributed by atoms with van der Waals surface area (Å²) in [6.45, 7) is 1.08. The summed E-state index contributed by atoms with van der Waals surface area (Å²) in [6, 6.07) is 0. The molecule has 1 aromatic heterocycles. The van der Waals surface area contributed by atoms with Gasteiger partial charge in [-0.15, -0.1) is 0 Å². The summed E-state index contributed by atoms with van der Waals surface area (Å²) in [4.78, 5) is 25.0. The number of aromatic nitrogens is 2. The molecule has 0 saturated carbocycles. The van der Waals surface area contributed by atoms with E-state index in [0.717, 1.165) is 4.57 Å². The average molecular weight is 243 g/mol. The molecule has 1 aliphatic rings. The summed E-state index contributed by atoms with van der Waals surface area (Å²) in [5.41, 5.74) is -0.916. The van der Waals surface area contributed by atoms with Gasteiger partial charge in [0.05, 0.1) is 12.7 Å². The van der Waals surface area contributed by atoms with Gasteiger partial charge in [0.2, 0.25) is 0 Å². The van der Waals surface area contributed by atoms with E-state index in [0.29, 0.717) is 5.56 Å². The summed E-state index contributed by atoms with van der Waals surface area (Å²) in [5, 5.41) is 18.6. The summed E-state index contributed by atoms with van der Waals surface area (Å²) in [6.07, 6.45) is -2.94. The van der Waals surface area contributed by atoms with Gasteiger partial charge < -0.3 is 14.9 Å². The van der Waals surface area contributed by atoms with Crippen LogP contribution < -0.4 is 11.2 Å². The molecule has 1 unspecified atom stereocenters. The fourth-order valence-electron chi connectivity index (χ4n) is 1.68. The molecule has 0 spiro atoms. The number of aliphatic hydroxyl groups is 2. The molecule has 1 saturated heterocycles. The highest BCUT2D eigenvalue weighted by molar-refractivity contribution is 5.02. The van der Waals surface area contributed by atoms with Gasteiger partial charge in [0.1, 0.15) is 12.3 Å². The molecular weight excluding hydrogens is 228 g/mol. The van der Waals surface area contributed by atoms with E-state index in [1.165, 1.54) is 13.1 Å². The van der Waals surface area contributed by atoms with E-state index in [4.69, 9.17) is 11.2 Å². The standard InChI is InChI=1S/C10H14N2O5/c1-5-3-12(10(16)11-9(5)15)8-2-6(14)7(4-13)17-8/h3,6-8,13-14H,2,4H2,1H3,(H,11,15,16)/t6-,7+,8+/m0/s1/i2D/t2?,6-,7+,8+. The maximum absolute atomic E-state index is 11.6. The number of nitrogens with zero attached hydrogens (tertiary/aromatic N) is 1. The van der Waals surface area contributed by atoms with Crippen molar-refractivity contribution >= 4 is 0 Å². The van der Waals surface area contributed by atoms with E-state index in [2.05, 4.69) is 4.98 Å². The smallest absolute Gasteiger partial charge is 0.330 e. The molecule has 17 heavy (non-hydrogen) atoms. The van der Waals surface area contributed by atoms with Crippen LogP contribution in [0.5, 0.6) is 0 Å². The molecule has 0 radical (unpaired) electrons. The summed E-state index contributed by atoms with van der Waals surface area (Å²) < 4.78 is 14.0. The van der Waals surface area contributed by atoms with Crippen LogP contribution in [0, 0.1) is 6.92 Å². The van der Waals surface area contributed by atoms with Gasteiger partial charge >= 0.3 is 5.69 Å². The Hall–Kier alpha value is -1.44. The first kappa shape index (κ1) is 10.7. The molecule has 1 aliphatic heterocycles. The number of aliphatic hydroxyl groups excluding tert-OH is 2. The van der Waals surface area contributed by atoms with E-state index in [1.54, 1.807) is 0 Å². The predicted octanol–water partition coefficient (Wildman–Crippen LogP) is -1.51. The molecule has 1 fully saturated rings. The minimum Gasteiger partial charge on any atom is -0.394 e. The Kier molecular flexibility index (Phi) is 2.79. The van der Waals surface area contributed by atoms with Crippen LogP contribution in [-0.4, -0.2) is 38.6 Å². The Morgan fingerprint density at radius 1 is 1.71 bits per heavy atom. The van der Waals surface area contributed by atoms with Gasteiger partial charge in [0.15, 0.2) is 0 Å². The molecule has 7 nitrogen and oxygen atoms in total. The number of ether oxygens (including phenoxy) is 1. The quantitative estimate of drug-likeness (QED) is 0.585. The van der Waals surface area contributed by atoms with Crippen molar-refractivity contribution in [1.82, 2.24) is 9.55 Å². The maximum Gasteiger partial charge on any atom is 0.330 e. The largest absolute Gasteiger partial charge is 0.394 e. The van der Waals surface area contributed by atoms with E-state index >= 15 is 0 Å². The molecule has 7 heteroatoms. The number of H-pyrrole nitrogens is 1. The second-order valence-electron chi connectivity index (χ2n) is 3.91. The van der Waals surface area contributed by atoms with E-state index in [1.807, 2.05) is 0 Å². The predicted molar refractivity (Wildman–Crippen MR) is 57.7 cm³/mol. The van der Waals surface area contributed by atoms with Gasteiger partial charge in [-0.2, -0.15) is 0 Å². The van der Waals surface area contributed by atoms with Crippen molar-refractivity contribution in [3.8, 4) is 0 Å². The lowest BCUT2D eigenvalue weighted by atomic mass is 10.2. The third kappa shape index (κ3) is 2.17. The van der Waals surface area contributed by atoms with Crippen LogP contribution in [0.1, 0.15) is 19.6 Å². The Morgan fingerprint density at radius 2 is 2.41 bits per heavy atom. The van der Waals surface area contributed by atoms with Gasteiger partial charge in [-0.3, -0.25) is 14.3 Å². The Labute approximate surface area is 97.7 Å². The van der Waals surface area contributed by atoms with Crippen LogP contribution >= 0.6 is 0 Å². The fourth-order valence-corrected chi connectivity index (χ4v) is 1.68. The van der Waals surface area contributed by atoms with Gasteiger partial charge in [-0.25, -0.2) is 4.79 Å². The van der Waals surface area contributed by atoms with Gasteiger partial charge in [-0.05, 0) is 6.92 Å². The summed E-state index contributed by atoms with van der Waals surface area (Å²) in [7, 11) is 0. The average Bonchev–Trinajstić information content (AvgIpc) is 2.61. The molecule has 94 valence electrons. The highest BCUT2D eigenvalue weighted by Gasteiger charge is 2.34. The highest BCUT2D eigenvalue weighted by Crippen LogP contribution is 2.27. The zero-order valence-electron chi connectivity index (χ0n) is 10.2. The third-order valence-electron chi connectivity index (χ3n) is 2.66. The number of hydrogen-bond donors (Lipinski definition) is 3. The minimum absolute atomic E-state index is 0.298. The van der Waals surface area contributed by atoms with Crippen molar-refractivity contribution in [3.05, 3.63) is 32.6 Å². The minimum atomic E-state index is -1.18. The monoisotopic (exact) mass is 243 g/mol.